The maximum absolute atomic E-state index is 4.74. The van der Waals surface area contributed by atoms with Crippen molar-refractivity contribution < 1.29 is 0 Å². The van der Waals surface area contributed by atoms with E-state index in [2.05, 4.69) is 41.9 Å². The number of rotatable bonds is 3. The average molecular weight is 244 g/mol. The van der Waals surface area contributed by atoms with Gasteiger partial charge in [-0.15, -0.1) is 11.3 Å². The van der Waals surface area contributed by atoms with E-state index in [1.54, 1.807) is 11.3 Å². The fourth-order valence-electron chi connectivity index (χ4n) is 1.98. The third kappa shape index (κ3) is 2.13. The summed E-state index contributed by atoms with van der Waals surface area (Å²) in [5, 5.41) is 6.74. The van der Waals surface area contributed by atoms with Crippen LogP contribution in [0, 0.1) is 0 Å². The van der Waals surface area contributed by atoms with Crippen molar-refractivity contribution >= 4 is 11.3 Å². The first kappa shape index (κ1) is 10.9. The van der Waals surface area contributed by atoms with Crippen molar-refractivity contribution in [3.05, 3.63) is 40.2 Å². The Bertz CT molecular complexity index is 497. The van der Waals surface area contributed by atoms with Gasteiger partial charge >= 0.3 is 0 Å². The Balaban J connectivity index is 1.84. The topological polar surface area (TPSA) is 24.9 Å². The lowest BCUT2D eigenvalue weighted by Crippen LogP contribution is -2.39. The zero-order valence-corrected chi connectivity index (χ0v) is 10.8. The van der Waals surface area contributed by atoms with E-state index in [0.717, 1.165) is 25.2 Å². The smallest absolute Gasteiger partial charge is 0.0989 e. The highest BCUT2D eigenvalue weighted by Crippen LogP contribution is 2.28. The lowest BCUT2D eigenvalue weighted by Gasteiger charge is -2.24. The Morgan fingerprint density at radius 3 is 2.65 bits per heavy atom. The first-order chi connectivity index (χ1) is 8.36. The van der Waals surface area contributed by atoms with Crippen molar-refractivity contribution in [2.75, 3.05) is 13.1 Å². The van der Waals surface area contributed by atoms with Gasteiger partial charge in [0.2, 0.25) is 0 Å². The van der Waals surface area contributed by atoms with Crippen LogP contribution in [0.25, 0.3) is 11.3 Å². The minimum Gasteiger partial charge on any atom is -0.315 e. The van der Waals surface area contributed by atoms with Crippen LogP contribution in [-0.4, -0.2) is 18.1 Å². The first-order valence-electron chi connectivity index (χ1n) is 6.12. The van der Waals surface area contributed by atoms with Crippen molar-refractivity contribution in [3.63, 3.8) is 0 Å². The van der Waals surface area contributed by atoms with Gasteiger partial charge in [-0.3, -0.25) is 0 Å². The molecule has 2 nitrogen and oxygen atoms in total. The van der Waals surface area contributed by atoms with Crippen LogP contribution < -0.4 is 5.32 Å². The van der Waals surface area contributed by atoms with Crippen LogP contribution in [0.5, 0.6) is 0 Å². The van der Waals surface area contributed by atoms with E-state index in [1.807, 2.05) is 0 Å². The molecule has 0 spiro atoms. The Kier molecular flexibility index (Phi) is 2.95. The van der Waals surface area contributed by atoms with E-state index in [9.17, 15) is 0 Å². The quantitative estimate of drug-likeness (QED) is 0.897. The van der Waals surface area contributed by atoms with Crippen LogP contribution in [0.1, 0.15) is 23.4 Å². The van der Waals surface area contributed by atoms with E-state index in [1.165, 1.54) is 16.1 Å². The Morgan fingerprint density at radius 1 is 1.29 bits per heavy atom. The van der Waals surface area contributed by atoms with Gasteiger partial charge in [0, 0.05) is 30.0 Å². The molecular formula is C14H16N2S. The summed E-state index contributed by atoms with van der Waals surface area (Å²) in [6.45, 7) is 4.35. The zero-order valence-electron chi connectivity index (χ0n) is 9.94. The molecule has 17 heavy (non-hydrogen) atoms. The molecule has 2 heterocycles. The number of hydrogen-bond donors (Lipinski definition) is 1. The highest BCUT2D eigenvalue weighted by Gasteiger charge is 2.22. The average Bonchev–Trinajstić information content (AvgIpc) is 2.76. The first-order valence-corrected chi connectivity index (χ1v) is 7.00. The van der Waals surface area contributed by atoms with Gasteiger partial charge in [-0.25, -0.2) is 4.98 Å². The lowest BCUT2D eigenvalue weighted by molar-refractivity contribution is 0.447. The Labute approximate surface area is 106 Å². The number of nitrogens with zero attached hydrogens (tertiary/aromatic N) is 1. The monoisotopic (exact) mass is 244 g/mol. The maximum atomic E-state index is 4.74. The van der Waals surface area contributed by atoms with E-state index >= 15 is 0 Å². The summed E-state index contributed by atoms with van der Waals surface area (Å²) < 4.78 is 0. The highest BCUT2D eigenvalue weighted by atomic mass is 32.1. The fraction of sp³-hybridized carbons (Fsp3) is 0.357. The molecule has 0 radical (unpaired) electrons. The van der Waals surface area contributed by atoms with Gasteiger partial charge in [0.15, 0.2) is 0 Å². The van der Waals surface area contributed by atoms with Crippen molar-refractivity contribution in [3.8, 4) is 11.3 Å². The molecule has 0 unspecified atom stereocenters. The van der Waals surface area contributed by atoms with Crippen LogP contribution in [0.4, 0.5) is 0 Å². The molecule has 2 aromatic rings. The van der Waals surface area contributed by atoms with E-state index in [4.69, 9.17) is 4.98 Å². The molecule has 1 aromatic heterocycles. The van der Waals surface area contributed by atoms with Crippen LogP contribution in [0.3, 0.4) is 0 Å². The third-order valence-corrected chi connectivity index (χ3v) is 4.32. The van der Waals surface area contributed by atoms with Crippen LogP contribution >= 0.6 is 11.3 Å². The van der Waals surface area contributed by atoms with Gasteiger partial charge in [-0.2, -0.15) is 0 Å². The number of benzene rings is 1. The molecule has 1 aliphatic rings. The maximum Gasteiger partial charge on any atom is 0.0989 e. The Morgan fingerprint density at radius 2 is 2.06 bits per heavy atom. The fourth-order valence-corrected chi connectivity index (χ4v) is 2.91. The molecule has 0 amide bonds. The molecule has 0 bridgehead atoms. The molecule has 0 saturated carbocycles. The van der Waals surface area contributed by atoms with Gasteiger partial charge in [0.05, 0.1) is 10.7 Å². The van der Waals surface area contributed by atoms with Crippen molar-refractivity contribution in [1.82, 2.24) is 10.3 Å². The standard InChI is InChI=1S/C14H16N2S/c1-2-10-3-5-11(6-4-10)13-9-17-14(16-13)12-7-15-8-12/h3-6,9,12,15H,2,7-8H2,1H3. The van der Waals surface area contributed by atoms with Gasteiger partial charge in [0.25, 0.3) is 0 Å². The van der Waals surface area contributed by atoms with E-state index in [-0.39, 0.29) is 0 Å². The van der Waals surface area contributed by atoms with Gasteiger partial charge in [-0.05, 0) is 12.0 Å². The summed E-state index contributed by atoms with van der Waals surface area (Å²) in [4.78, 5) is 4.74. The van der Waals surface area contributed by atoms with Crippen molar-refractivity contribution in [2.24, 2.45) is 0 Å². The lowest BCUT2D eigenvalue weighted by atomic mass is 10.0. The summed E-state index contributed by atoms with van der Waals surface area (Å²) in [7, 11) is 0. The molecule has 1 N–H and O–H groups in total. The van der Waals surface area contributed by atoms with Gasteiger partial charge in [-0.1, -0.05) is 31.2 Å². The van der Waals surface area contributed by atoms with Crippen molar-refractivity contribution in [1.29, 1.82) is 0 Å². The molecule has 1 aromatic carbocycles. The second-order valence-corrected chi connectivity index (χ2v) is 5.37. The van der Waals surface area contributed by atoms with E-state index in [0.29, 0.717) is 5.92 Å². The van der Waals surface area contributed by atoms with Crippen LogP contribution in [0.15, 0.2) is 29.6 Å². The molecule has 88 valence electrons. The second-order valence-electron chi connectivity index (χ2n) is 4.48. The summed E-state index contributed by atoms with van der Waals surface area (Å²) in [6, 6.07) is 8.74. The molecule has 1 saturated heterocycles. The predicted octanol–water partition coefficient (Wildman–Crippen LogP) is 3.06. The van der Waals surface area contributed by atoms with Gasteiger partial charge in [0.1, 0.15) is 0 Å². The molecule has 0 atom stereocenters. The number of nitrogens with one attached hydrogen (secondary N) is 1. The molecule has 1 aliphatic heterocycles. The van der Waals surface area contributed by atoms with E-state index < -0.39 is 0 Å². The molecule has 3 rings (SSSR count). The normalized spacial score (nSPS) is 15.8. The molecule has 0 aliphatic carbocycles. The second kappa shape index (κ2) is 4.59. The third-order valence-electron chi connectivity index (χ3n) is 3.31. The predicted molar refractivity (Wildman–Crippen MR) is 72.5 cm³/mol. The summed E-state index contributed by atoms with van der Waals surface area (Å²) in [6.07, 6.45) is 1.09. The minimum atomic E-state index is 0.642. The molecular weight excluding hydrogens is 228 g/mol. The molecule has 1 fully saturated rings. The largest absolute Gasteiger partial charge is 0.315 e. The Hall–Kier alpha value is -1.19. The number of thiazole rings is 1. The van der Waals surface area contributed by atoms with Crippen LogP contribution in [0.2, 0.25) is 0 Å². The number of aryl methyl sites for hydroxylation is 1. The number of aromatic nitrogens is 1. The SMILES string of the molecule is CCc1ccc(-c2csc(C3CNC3)n2)cc1. The van der Waals surface area contributed by atoms with Crippen molar-refractivity contribution in [2.45, 2.75) is 19.3 Å². The number of hydrogen-bond acceptors (Lipinski definition) is 3. The zero-order chi connectivity index (χ0) is 11.7. The highest BCUT2D eigenvalue weighted by molar-refractivity contribution is 7.10. The molecule has 3 heteroatoms. The summed E-state index contributed by atoms with van der Waals surface area (Å²) in [5.41, 5.74) is 3.74. The van der Waals surface area contributed by atoms with Gasteiger partial charge < -0.3 is 5.32 Å². The summed E-state index contributed by atoms with van der Waals surface area (Å²) in [5.74, 6) is 0.642. The minimum absolute atomic E-state index is 0.642. The van der Waals surface area contributed by atoms with Crippen LogP contribution in [-0.2, 0) is 6.42 Å². The summed E-state index contributed by atoms with van der Waals surface area (Å²) >= 11 is 1.79.